The average molecular weight is 476 g/mol. The van der Waals surface area contributed by atoms with E-state index in [0.717, 1.165) is 11.1 Å². The number of aromatic nitrogens is 3. The molecule has 0 saturated carbocycles. The Labute approximate surface area is 201 Å². The second-order valence-electron chi connectivity index (χ2n) is 7.54. The Hall–Kier alpha value is -4.04. The molecule has 0 aliphatic heterocycles. The maximum Gasteiger partial charge on any atom is 0.255 e. The van der Waals surface area contributed by atoms with Crippen LogP contribution in [0.3, 0.4) is 0 Å². The number of hydrogen-bond donors (Lipinski definition) is 2. The lowest BCUT2D eigenvalue weighted by molar-refractivity contribution is -0.121. The molecule has 4 rings (SSSR count). The highest BCUT2D eigenvalue weighted by Gasteiger charge is 2.10. The Morgan fingerprint density at radius 3 is 2.59 bits per heavy atom. The van der Waals surface area contributed by atoms with Crippen molar-refractivity contribution in [1.29, 1.82) is 0 Å². The van der Waals surface area contributed by atoms with E-state index in [2.05, 4.69) is 25.8 Å². The highest BCUT2D eigenvalue weighted by Crippen LogP contribution is 2.19. The molecule has 2 aromatic heterocycles. The van der Waals surface area contributed by atoms with Crippen LogP contribution in [0.15, 0.2) is 77.6 Å². The highest BCUT2D eigenvalue weighted by molar-refractivity contribution is 6.30. The van der Waals surface area contributed by atoms with Crippen LogP contribution in [0.2, 0.25) is 5.02 Å². The molecule has 0 radical (unpaired) electrons. The van der Waals surface area contributed by atoms with Gasteiger partial charge in [-0.15, -0.1) is 0 Å². The van der Waals surface area contributed by atoms with Gasteiger partial charge in [0.05, 0.1) is 0 Å². The van der Waals surface area contributed by atoms with Crippen molar-refractivity contribution in [3.05, 3.63) is 95.1 Å². The van der Waals surface area contributed by atoms with E-state index in [1.54, 1.807) is 42.7 Å². The summed E-state index contributed by atoms with van der Waals surface area (Å²) in [6, 6.07) is 17.8. The number of anilines is 1. The van der Waals surface area contributed by atoms with Crippen molar-refractivity contribution < 1.29 is 14.1 Å². The Balaban J connectivity index is 1.21. The van der Waals surface area contributed by atoms with Gasteiger partial charge in [0.2, 0.25) is 17.6 Å². The summed E-state index contributed by atoms with van der Waals surface area (Å²) in [5.74, 6) is 0.676. The minimum absolute atomic E-state index is 0.0799. The number of amides is 2. The molecule has 9 heteroatoms. The molecule has 0 aliphatic carbocycles. The van der Waals surface area contributed by atoms with Crippen molar-refractivity contribution in [1.82, 2.24) is 20.4 Å². The second kappa shape index (κ2) is 11.2. The van der Waals surface area contributed by atoms with E-state index in [0.29, 0.717) is 53.8 Å². The lowest BCUT2D eigenvalue weighted by atomic mass is 10.1. The lowest BCUT2D eigenvalue weighted by Crippen LogP contribution is -2.22. The maximum absolute atomic E-state index is 12.3. The van der Waals surface area contributed by atoms with Crippen molar-refractivity contribution in [2.24, 2.45) is 0 Å². The smallest absolute Gasteiger partial charge is 0.255 e. The third kappa shape index (κ3) is 6.49. The van der Waals surface area contributed by atoms with Gasteiger partial charge in [-0.3, -0.25) is 14.6 Å². The van der Waals surface area contributed by atoms with Gasteiger partial charge in [-0.2, -0.15) is 4.98 Å². The Kier molecular flexibility index (Phi) is 7.62. The summed E-state index contributed by atoms with van der Waals surface area (Å²) in [4.78, 5) is 32.8. The quantitative estimate of drug-likeness (QED) is 0.364. The first-order chi connectivity index (χ1) is 16.6. The fourth-order valence-corrected chi connectivity index (χ4v) is 3.35. The molecule has 34 heavy (non-hydrogen) atoms. The molecule has 172 valence electrons. The molecule has 0 spiro atoms. The molecule has 0 atom stereocenters. The summed E-state index contributed by atoms with van der Waals surface area (Å²) in [7, 11) is 0. The summed E-state index contributed by atoms with van der Waals surface area (Å²) >= 11 is 5.90. The first-order valence-corrected chi connectivity index (χ1v) is 11.1. The number of nitrogens with zero attached hydrogens (tertiary/aromatic N) is 3. The van der Waals surface area contributed by atoms with E-state index in [9.17, 15) is 9.59 Å². The van der Waals surface area contributed by atoms with E-state index < -0.39 is 0 Å². The average Bonchev–Trinajstić information content (AvgIpc) is 3.33. The number of rotatable bonds is 9. The van der Waals surface area contributed by atoms with Gasteiger partial charge in [0.1, 0.15) is 0 Å². The van der Waals surface area contributed by atoms with Crippen LogP contribution >= 0.6 is 11.6 Å². The number of pyridine rings is 1. The number of carbonyl (C=O) groups is 2. The van der Waals surface area contributed by atoms with Crippen molar-refractivity contribution >= 4 is 29.1 Å². The lowest BCUT2D eigenvalue weighted by Gasteiger charge is -2.09. The Morgan fingerprint density at radius 1 is 1.00 bits per heavy atom. The van der Waals surface area contributed by atoms with Crippen LogP contribution in [-0.4, -0.2) is 26.9 Å². The third-order valence-corrected chi connectivity index (χ3v) is 5.23. The minimum Gasteiger partial charge on any atom is -0.352 e. The molecular formula is C25H22ClN5O3. The number of carbonyl (C=O) groups excluding carboxylic acids is 2. The summed E-state index contributed by atoms with van der Waals surface area (Å²) in [5, 5.41) is 10.4. The van der Waals surface area contributed by atoms with Gasteiger partial charge < -0.3 is 15.2 Å². The molecule has 0 fully saturated rings. The molecule has 4 aromatic rings. The maximum atomic E-state index is 12.3. The number of hydrogen-bond acceptors (Lipinski definition) is 6. The third-order valence-electron chi connectivity index (χ3n) is 4.98. The van der Waals surface area contributed by atoms with Crippen molar-refractivity contribution in [2.45, 2.75) is 25.8 Å². The predicted octanol–water partition coefficient (Wildman–Crippen LogP) is 4.68. The highest BCUT2D eigenvalue weighted by atomic mass is 35.5. The van der Waals surface area contributed by atoms with E-state index in [4.69, 9.17) is 16.1 Å². The summed E-state index contributed by atoms with van der Waals surface area (Å²) in [6.07, 6.45) is 4.55. The summed E-state index contributed by atoms with van der Waals surface area (Å²) in [6.45, 7) is 0.360. The first kappa shape index (κ1) is 23.1. The fourth-order valence-electron chi connectivity index (χ4n) is 3.23. The Bertz CT molecular complexity index is 1260. The number of halogens is 1. The van der Waals surface area contributed by atoms with Crippen LogP contribution in [0.4, 0.5) is 5.69 Å². The first-order valence-electron chi connectivity index (χ1n) is 10.7. The zero-order valence-corrected chi connectivity index (χ0v) is 19.0. The zero-order chi connectivity index (χ0) is 23.8. The molecule has 0 unspecified atom stereocenters. The van der Waals surface area contributed by atoms with E-state index in [-0.39, 0.29) is 11.8 Å². The molecule has 2 N–H and O–H groups in total. The number of nitrogens with one attached hydrogen (secondary N) is 2. The van der Waals surface area contributed by atoms with Crippen LogP contribution in [0.25, 0.3) is 11.4 Å². The van der Waals surface area contributed by atoms with Gasteiger partial charge in [-0.1, -0.05) is 28.9 Å². The van der Waals surface area contributed by atoms with E-state index >= 15 is 0 Å². The molecule has 0 saturated heterocycles. The fraction of sp³-hybridized carbons (Fsp3) is 0.160. The van der Waals surface area contributed by atoms with Crippen LogP contribution in [-0.2, 0) is 17.8 Å². The van der Waals surface area contributed by atoms with Gasteiger partial charge in [0.25, 0.3) is 5.91 Å². The predicted molar refractivity (Wildman–Crippen MR) is 128 cm³/mol. The largest absolute Gasteiger partial charge is 0.352 e. The standard InChI is InChI=1S/C25H22ClN5O3/c26-20-9-7-18(8-10-20)24-30-23(34-31-24)6-2-5-22(32)28-16-17-3-1-4-21(15-17)29-25(33)19-11-13-27-14-12-19/h1,3-4,7-15H,2,5-6,16H2,(H,28,32)(H,29,33). The molecule has 8 nitrogen and oxygen atoms in total. The van der Waals surface area contributed by atoms with Crippen molar-refractivity contribution in [3.63, 3.8) is 0 Å². The van der Waals surface area contributed by atoms with E-state index in [1.165, 1.54) is 0 Å². The molecule has 2 heterocycles. The SMILES string of the molecule is O=C(CCCc1nc(-c2ccc(Cl)cc2)no1)NCc1cccc(NC(=O)c2ccncc2)c1. The van der Waals surface area contributed by atoms with Crippen LogP contribution in [0.5, 0.6) is 0 Å². The molecule has 2 aromatic carbocycles. The van der Waals surface area contributed by atoms with Crippen LogP contribution in [0.1, 0.15) is 34.7 Å². The normalized spacial score (nSPS) is 10.6. The number of aryl methyl sites for hydroxylation is 1. The monoisotopic (exact) mass is 475 g/mol. The second-order valence-corrected chi connectivity index (χ2v) is 7.98. The molecule has 0 bridgehead atoms. The van der Waals surface area contributed by atoms with Gasteiger partial charge in [-0.05, 0) is 60.5 Å². The topological polar surface area (TPSA) is 110 Å². The van der Waals surface area contributed by atoms with Crippen LogP contribution < -0.4 is 10.6 Å². The molecule has 2 amide bonds. The van der Waals surface area contributed by atoms with Gasteiger partial charge in [0, 0.05) is 53.6 Å². The summed E-state index contributed by atoms with van der Waals surface area (Å²) < 4.78 is 5.27. The molecular weight excluding hydrogens is 454 g/mol. The summed E-state index contributed by atoms with van der Waals surface area (Å²) in [5.41, 5.74) is 2.87. The van der Waals surface area contributed by atoms with Gasteiger partial charge >= 0.3 is 0 Å². The Morgan fingerprint density at radius 2 is 1.79 bits per heavy atom. The zero-order valence-electron chi connectivity index (χ0n) is 18.2. The number of benzene rings is 2. The van der Waals surface area contributed by atoms with Crippen molar-refractivity contribution in [3.8, 4) is 11.4 Å². The van der Waals surface area contributed by atoms with E-state index in [1.807, 2.05) is 30.3 Å². The van der Waals surface area contributed by atoms with Crippen LogP contribution in [0, 0.1) is 0 Å². The minimum atomic E-state index is -0.219. The van der Waals surface area contributed by atoms with Gasteiger partial charge in [-0.25, -0.2) is 0 Å². The van der Waals surface area contributed by atoms with Gasteiger partial charge in [0.15, 0.2) is 0 Å². The van der Waals surface area contributed by atoms with Crippen molar-refractivity contribution in [2.75, 3.05) is 5.32 Å². The molecule has 0 aliphatic rings.